The highest BCUT2D eigenvalue weighted by Gasteiger charge is 2.24. The second-order valence-corrected chi connectivity index (χ2v) is 6.82. The Morgan fingerprint density at radius 1 is 1.24 bits per heavy atom. The van der Waals surface area contributed by atoms with E-state index >= 15 is 0 Å². The number of carbonyl (C=O) groups is 1. The summed E-state index contributed by atoms with van der Waals surface area (Å²) >= 11 is 0. The van der Waals surface area contributed by atoms with Crippen molar-refractivity contribution in [3.8, 4) is 0 Å². The van der Waals surface area contributed by atoms with Crippen molar-refractivity contribution in [2.75, 3.05) is 30.7 Å². The lowest BCUT2D eigenvalue weighted by Crippen LogP contribution is -2.36. The molecule has 2 atom stereocenters. The van der Waals surface area contributed by atoms with E-state index in [0.717, 1.165) is 57.5 Å². The molecule has 0 aromatic carbocycles. The van der Waals surface area contributed by atoms with Gasteiger partial charge in [0.05, 0.1) is 24.4 Å². The first-order valence-corrected chi connectivity index (χ1v) is 9.08. The van der Waals surface area contributed by atoms with Crippen molar-refractivity contribution < 1.29 is 9.53 Å². The van der Waals surface area contributed by atoms with Crippen LogP contribution in [0, 0.1) is 0 Å². The number of rotatable bonds is 4. The van der Waals surface area contributed by atoms with Crippen molar-refractivity contribution in [1.29, 1.82) is 0 Å². The third kappa shape index (κ3) is 6.04. The number of halogens is 1. The molecular weight excluding hydrogens is 340 g/mol. The second kappa shape index (κ2) is 9.82. The van der Waals surface area contributed by atoms with E-state index in [0.29, 0.717) is 18.3 Å². The fourth-order valence-electron chi connectivity index (χ4n) is 3.51. The Morgan fingerprint density at radius 2 is 2.12 bits per heavy atom. The summed E-state index contributed by atoms with van der Waals surface area (Å²) in [7, 11) is 0. The highest BCUT2D eigenvalue weighted by molar-refractivity contribution is 5.85. The number of nitrogens with two attached hydrogens (primary N) is 1. The molecule has 6 nitrogen and oxygen atoms in total. The number of nitrogen functional groups attached to an aromatic ring is 1. The molecule has 2 unspecified atom stereocenters. The van der Waals surface area contributed by atoms with E-state index in [4.69, 9.17) is 10.5 Å². The minimum Gasteiger partial charge on any atom is -0.384 e. The van der Waals surface area contributed by atoms with Gasteiger partial charge in [-0.05, 0) is 50.7 Å². The van der Waals surface area contributed by atoms with Crippen LogP contribution in [0.25, 0.3) is 0 Å². The van der Waals surface area contributed by atoms with Crippen molar-refractivity contribution in [2.45, 2.75) is 57.1 Å². The van der Waals surface area contributed by atoms with Gasteiger partial charge in [-0.2, -0.15) is 0 Å². The Kier molecular flexibility index (Phi) is 7.78. The lowest BCUT2D eigenvalue weighted by atomic mass is 10.1. The first-order chi connectivity index (χ1) is 11.7. The van der Waals surface area contributed by atoms with Gasteiger partial charge in [-0.1, -0.05) is 0 Å². The molecule has 2 aliphatic heterocycles. The van der Waals surface area contributed by atoms with Crippen molar-refractivity contribution in [1.82, 2.24) is 9.88 Å². The Bertz CT molecular complexity index is 534. The Morgan fingerprint density at radius 3 is 2.84 bits per heavy atom. The van der Waals surface area contributed by atoms with Gasteiger partial charge in [0.1, 0.15) is 5.82 Å². The van der Waals surface area contributed by atoms with E-state index in [2.05, 4.69) is 10.3 Å². The number of nitrogens with zero attached hydrogens (tertiary/aromatic N) is 2. The largest absolute Gasteiger partial charge is 0.384 e. The molecule has 0 radical (unpaired) electrons. The average molecular weight is 369 g/mol. The van der Waals surface area contributed by atoms with E-state index < -0.39 is 0 Å². The van der Waals surface area contributed by atoms with Crippen LogP contribution in [0.2, 0.25) is 0 Å². The van der Waals surface area contributed by atoms with Gasteiger partial charge in [-0.25, -0.2) is 4.98 Å². The summed E-state index contributed by atoms with van der Waals surface area (Å²) in [5.74, 6) is 0.778. The maximum atomic E-state index is 12.5. The van der Waals surface area contributed by atoms with Crippen molar-refractivity contribution in [2.24, 2.45) is 0 Å². The van der Waals surface area contributed by atoms with Crippen molar-refractivity contribution in [3.05, 3.63) is 18.3 Å². The molecule has 25 heavy (non-hydrogen) atoms. The quantitative estimate of drug-likeness (QED) is 0.854. The molecule has 1 aromatic heterocycles. The zero-order valence-electron chi connectivity index (χ0n) is 14.7. The third-order valence-corrected chi connectivity index (χ3v) is 4.91. The fraction of sp³-hybridized carbons (Fsp3) is 0.667. The molecule has 3 heterocycles. The molecule has 140 valence electrons. The van der Waals surface area contributed by atoms with Crippen LogP contribution in [0.3, 0.4) is 0 Å². The van der Waals surface area contributed by atoms with Gasteiger partial charge in [0.15, 0.2) is 0 Å². The zero-order chi connectivity index (χ0) is 16.8. The van der Waals surface area contributed by atoms with Crippen LogP contribution in [0.5, 0.6) is 0 Å². The minimum absolute atomic E-state index is 0. The molecule has 7 heteroatoms. The minimum atomic E-state index is 0. The number of aromatic nitrogens is 1. The van der Waals surface area contributed by atoms with Crippen LogP contribution >= 0.6 is 12.4 Å². The zero-order valence-corrected chi connectivity index (χ0v) is 15.5. The van der Waals surface area contributed by atoms with E-state index in [1.54, 1.807) is 12.3 Å². The molecule has 2 aliphatic rings. The Labute approximate surface area is 155 Å². The first-order valence-electron chi connectivity index (χ1n) is 9.08. The molecule has 0 aliphatic carbocycles. The van der Waals surface area contributed by atoms with E-state index in [1.165, 1.54) is 6.42 Å². The molecule has 0 saturated carbocycles. The van der Waals surface area contributed by atoms with E-state index in [1.807, 2.05) is 11.0 Å². The number of anilines is 2. The monoisotopic (exact) mass is 368 g/mol. The molecule has 0 bridgehead atoms. The normalized spacial score (nSPS) is 24.1. The molecular formula is C18H29ClN4O2. The molecule has 1 aromatic rings. The van der Waals surface area contributed by atoms with Gasteiger partial charge in [-0.15, -0.1) is 12.4 Å². The smallest absolute Gasteiger partial charge is 0.225 e. The summed E-state index contributed by atoms with van der Waals surface area (Å²) in [6, 6.07) is 4.13. The predicted octanol–water partition coefficient (Wildman–Crippen LogP) is 2.84. The van der Waals surface area contributed by atoms with Gasteiger partial charge in [-0.3, -0.25) is 4.79 Å². The van der Waals surface area contributed by atoms with Crippen LogP contribution in [0.4, 0.5) is 11.5 Å². The van der Waals surface area contributed by atoms with E-state index in [9.17, 15) is 4.79 Å². The summed E-state index contributed by atoms with van der Waals surface area (Å²) in [6.07, 6.45) is 8.82. The molecule has 3 N–H and O–H groups in total. The molecule has 0 spiro atoms. The second-order valence-electron chi connectivity index (χ2n) is 6.82. The Hall–Kier alpha value is -1.53. The number of pyridine rings is 1. The van der Waals surface area contributed by atoms with Gasteiger partial charge in [0.25, 0.3) is 0 Å². The van der Waals surface area contributed by atoms with Gasteiger partial charge < -0.3 is 20.7 Å². The van der Waals surface area contributed by atoms with Crippen LogP contribution in [-0.4, -0.2) is 47.6 Å². The average Bonchev–Trinajstić information content (AvgIpc) is 2.83. The fourth-order valence-corrected chi connectivity index (χ4v) is 3.51. The number of hydrogen-bond acceptors (Lipinski definition) is 5. The van der Waals surface area contributed by atoms with Crippen LogP contribution in [-0.2, 0) is 9.53 Å². The third-order valence-electron chi connectivity index (χ3n) is 4.91. The van der Waals surface area contributed by atoms with Crippen molar-refractivity contribution >= 4 is 29.8 Å². The summed E-state index contributed by atoms with van der Waals surface area (Å²) < 4.78 is 5.70. The lowest BCUT2D eigenvalue weighted by Gasteiger charge is -2.26. The number of hydrogen-bond donors (Lipinski definition) is 2. The standard InChI is InChI=1S/C18H28N4O2.ClH/c19-17-7-6-15(13-20-17)21-14-4-3-9-22(10-8-14)18(23)12-16-5-1-2-11-24-16;/h6-7,13-14,16,21H,1-5,8-12H2,(H2,19,20);1H. The first kappa shape index (κ1) is 19.8. The maximum absolute atomic E-state index is 12.5. The van der Waals surface area contributed by atoms with Gasteiger partial charge >= 0.3 is 0 Å². The van der Waals surface area contributed by atoms with Crippen LogP contribution in [0.15, 0.2) is 18.3 Å². The number of nitrogens with one attached hydrogen (secondary N) is 1. The summed E-state index contributed by atoms with van der Waals surface area (Å²) in [6.45, 7) is 2.47. The highest BCUT2D eigenvalue weighted by atomic mass is 35.5. The summed E-state index contributed by atoms with van der Waals surface area (Å²) in [5.41, 5.74) is 6.61. The molecule has 1 amide bonds. The van der Waals surface area contributed by atoms with Crippen LogP contribution < -0.4 is 11.1 Å². The molecule has 3 rings (SSSR count). The SMILES string of the molecule is Cl.Nc1ccc(NC2CCCN(C(=O)CC3CCCCO3)CC2)cn1. The number of likely N-dealkylation sites (tertiary alicyclic amines) is 1. The van der Waals surface area contributed by atoms with Gasteiger partial charge in [0.2, 0.25) is 5.91 Å². The van der Waals surface area contributed by atoms with E-state index in [-0.39, 0.29) is 24.4 Å². The van der Waals surface area contributed by atoms with Gasteiger partial charge in [0, 0.05) is 25.7 Å². The Balaban J connectivity index is 0.00000225. The molecule has 2 fully saturated rings. The number of ether oxygens (including phenoxy) is 1. The summed E-state index contributed by atoms with van der Waals surface area (Å²) in [4.78, 5) is 18.7. The lowest BCUT2D eigenvalue weighted by molar-refractivity contribution is -0.135. The topological polar surface area (TPSA) is 80.5 Å². The maximum Gasteiger partial charge on any atom is 0.225 e. The highest BCUT2D eigenvalue weighted by Crippen LogP contribution is 2.20. The predicted molar refractivity (Wildman–Crippen MR) is 102 cm³/mol. The summed E-state index contributed by atoms with van der Waals surface area (Å²) in [5, 5.41) is 3.51. The molecule has 2 saturated heterocycles. The van der Waals surface area contributed by atoms with Crippen LogP contribution in [0.1, 0.15) is 44.9 Å². The number of carbonyl (C=O) groups excluding carboxylic acids is 1. The van der Waals surface area contributed by atoms with Crippen molar-refractivity contribution in [3.63, 3.8) is 0 Å². The number of amides is 1.